The third-order valence-electron chi connectivity index (χ3n) is 4.49. The molecule has 1 heterocycles. The molecule has 0 spiro atoms. The number of aromatic nitrogens is 1. The van der Waals surface area contributed by atoms with Crippen LogP contribution in [0.25, 0.3) is 17.0 Å². The van der Waals surface area contributed by atoms with Gasteiger partial charge in [-0.05, 0) is 54.3 Å². The Hall–Kier alpha value is -3.14. The highest BCUT2D eigenvalue weighted by molar-refractivity contribution is 5.95. The third-order valence-corrected chi connectivity index (χ3v) is 4.49. The van der Waals surface area contributed by atoms with Crippen LogP contribution in [0.1, 0.15) is 17.5 Å². The van der Waals surface area contributed by atoms with Crippen molar-refractivity contribution in [3.63, 3.8) is 0 Å². The summed E-state index contributed by atoms with van der Waals surface area (Å²) in [4.78, 5) is 18.5. The maximum atomic E-state index is 12.1. The van der Waals surface area contributed by atoms with Gasteiger partial charge in [-0.3, -0.25) is 9.78 Å². The molecule has 2 aromatic carbocycles. The van der Waals surface area contributed by atoms with Gasteiger partial charge in [-0.25, -0.2) is 0 Å². The number of carbonyl (C=O) groups is 1. The summed E-state index contributed by atoms with van der Waals surface area (Å²) in [5.41, 5.74) is 4.41. The normalized spacial score (nSPS) is 11.0. The van der Waals surface area contributed by atoms with Crippen molar-refractivity contribution in [2.75, 3.05) is 25.5 Å². The maximum absolute atomic E-state index is 12.1. The van der Waals surface area contributed by atoms with E-state index < -0.39 is 0 Å². The molecule has 138 valence electrons. The lowest BCUT2D eigenvalue weighted by molar-refractivity contribution is -0.116. The number of carbonyl (C=O) groups excluding carboxylic acids is 1. The van der Waals surface area contributed by atoms with Gasteiger partial charge in [-0.15, -0.1) is 0 Å². The number of nitrogens with zero attached hydrogens (tertiary/aromatic N) is 2. The van der Waals surface area contributed by atoms with Crippen LogP contribution in [-0.2, 0) is 11.2 Å². The van der Waals surface area contributed by atoms with Crippen LogP contribution in [0.15, 0.2) is 66.9 Å². The zero-order valence-electron chi connectivity index (χ0n) is 15.9. The fourth-order valence-corrected chi connectivity index (χ4v) is 2.95. The second kappa shape index (κ2) is 8.99. The van der Waals surface area contributed by atoms with Gasteiger partial charge in [0.2, 0.25) is 5.91 Å². The van der Waals surface area contributed by atoms with E-state index in [1.165, 1.54) is 11.3 Å². The van der Waals surface area contributed by atoms with Gasteiger partial charge in [-0.1, -0.05) is 30.3 Å². The summed E-state index contributed by atoms with van der Waals surface area (Å²) < 4.78 is 0. The lowest BCUT2D eigenvalue weighted by Gasteiger charge is -2.12. The molecule has 0 saturated heterocycles. The van der Waals surface area contributed by atoms with Gasteiger partial charge < -0.3 is 10.2 Å². The minimum absolute atomic E-state index is 0.0705. The average Bonchev–Trinajstić information content (AvgIpc) is 2.70. The van der Waals surface area contributed by atoms with E-state index in [0.29, 0.717) is 6.54 Å². The molecule has 1 amide bonds. The fraction of sp³-hybridized carbons (Fsp3) is 0.217. The van der Waals surface area contributed by atoms with Gasteiger partial charge >= 0.3 is 0 Å². The Labute approximate surface area is 160 Å². The summed E-state index contributed by atoms with van der Waals surface area (Å²) in [5, 5.41) is 4.00. The van der Waals surface area contributed by atoms with Crippen molar-refractivity contribution in [2.45, 2.75) is 12.8 Å². The van der Waals surface area contributed by atoms with Crippen LogP contribution < -0.4 is 10.2 Å². The Morgan fingerprint density at radius 3 is 2.63 bits per heavy atom. The molecule has 4 nitrogen and oxygen atoms in total. The lowest BCUT2D eigenvalue weighted by Crippen LogP contribution is -2.22. The van der Waals surface area contributed by atoms with Crippen LogP contribution in [-0.4, -0.2) is 31.5 Å². The molecule has 0 unspecified atom stereocenters. The Balaban J connectivity index is 1.47. The summed E-state index contributed by atoms with van der Waals surface area (Å²) in [6.07, 6.45) is 7.07. The predicted molar refractivity (Wildman–Crippen MR) is 113 cm³/mol. The number of amides is 1. The number of nitrogens with one attached hydrogen (secondary N) is 1. The first-order valence-corrected chi connectivity index (χ1v) is 9.19. The Morgan fingerprint density at radius 2 is 1.85 bits per heavy atom. The summed E-state index contributed by atoms with van der Waals surface area (Å²) in [7, 11) is 4.07. The monoisotopic (exact) mass is 359 g/mol. The van der Waals surface area contributed by atoms with E-state index in [1.807, 2.05) is 50.5 Å². The molecule has 0 aliphatic carbocycles. The standard InChI is InChI=1S/C23H25N3O/c1-26(2)20-12-9-18(10-13-20)6-5-16-25-23(27)14-11-19-15-17-24-22-8-4-3-7-21(19)22/h3-4,7-15,17H,5-6,16H2,1-2H3,(H,25,27)/b14-11+. The molecule has 0 aliphatic rings. The smallest absolute Gasteiger partial charge is 0.243 e. The SMILES string of the molecule is CN(C)c1ccc(CCCNC(=O)/C=C/c2ccnc3ccccc23)cc1. The largest absolute Gasteiger partial charge is 0.378 e. The van der Waals surface area contributed by atoms with Crippen LogP contribution in [0, 0.1) is 0 Å². The highest BCUT2D eigenvalue weighted by Crippen LogP contribution is 2.17. The number of pyridine rings is 1. The minimum atomic E-state index is -0.0705. The third kappa shape index (κ3) is 5.17. The van der Waals surface area contributed by atoms with E-state index >= 15 is 0 Å². The zero-order chi connectivity index (χ0) is 19.1. The molecule has 0 bridgehead atoms. The van der Waals surface area contributed by atoms with E-state index in [9.17, 15) is 4.79 Å². The zero-order valence-corrected chi connectivity index (χ0v) is 15.9. The van der Waals surface area contributed by atoms with Crippen molar-refractivity contribution < 1.29 is 4.79 Å². The van der Waals surface area contributed by atoms with E-state index in [1.54, 1.807) is 12.3 Å². The first kappa shape index (κ1) is 18.6. The molecule has 0 atom stereocenters. The second-order valence-electron chi connectivity index (χ2n) is 6.71. The van der Waals surface area contributed by atoms with Gasteiger partial charge in [-0.2, -0.15) is 0 Å². The molecule has 4 heteroatoms. The van der Waals surface area contributed by atoms with Crippen molar-refractivity contribution >= 4 is 28.6 Å². The average molecular weight is 359 g/mol. The molecule has 27 heavy (non-hydrogen) atoms. The maximum Gasteiger partial charge on any atom is 0.243 e. The highest BCUT2D eigenvalue weighted by atomic mass is 16.1. The van der Waals surface area contributed by atoms with Crippen molar-refractivity contribution in [2.24, 2.45) is 0 Å². The van der Waals surface area contributed by atoms with Crippen LogP contribution >= 0.6 is 0 Å². The summed E-state index contributed by atoms with van der Waals surface area (Å²) in [5.74, 6) is -0.0705. The molecular formula is C23H25N3O. The van der Waals surface area contributed by atoms with Crippen molar-refractivity contribution in [1.29, 1.82) is 0 Å². The number of aryl methyl sites for hydroxylation is 1. The molecule has 3 rings (SSSR count). The molecule has 0 radical (unpaired) electrons. The highest BCUT2D eigenvalue weighted by Gasteiger charge is 2.00. The Kier molecular flexibility index (Phi) is 6.21. The molecule has 0 aliphatic heterocycles. The first-order valence-electron chi connectivity index (χ1n) is 9.19. The fourth-order valence-electron chi connectivity index (χ4n) is 2.95. The van der Waals surface area contributed by atoms with Gasteiger partial charge in [0.1, 0.15) is 0 Å². The number of rotatable bonds is 7. The van der Waals surface area contributed by atoms with E-state index in [0.717, 1.165) is 29.3 Å². The van der Waals surface area contributed by atoms with Gasteiger partial charge in [0, 0.05) is 44.0 Å². The van der Waals surface area contributed by atoms with Crippen molar-refractivity contribution in [3.8, 4) is 0 Å². The van der Waals surface area contributed by atoms with E-state index in [-0.39, 0.29) is 5.91 Å². The van der Waals surface area contributed by atoms with Gasteiger partial charge in [0.15, 0.2) is 0 Å². The topological polar surface area (TPSA) is 45.2 Å². The summed E-state index contributed by atoms with van der Waals surface area (Å²) >= 11 is 0. The van der Waals surface area contributed by atoms with Crippen molar-refractivity contribution in [1.82, 2.24) is 10.3 Å². The predicted octanol–water partition coefficient (Wildman–Crippen LogP) is 4.06. The number of hydrogen-bond acceptors (Lipinski definition) is 3. The second-order valence-corrected chi connectivity index (χ2v) is 6.71. The van der Waals surface area contributed by atoms with E-state index in [2.05, 4.69) is 39.5 Å². The number of hydrogen-bond donors (Lipinski definition) is 1. The Bertz CT molecular complexity index is 925. The van der Waals surface area contributed by atoms with Crippen molar-refractivity contribution in [3.05, 3.63) is 78.0 Å². The van der Waals surface area contributed by atoms with Crippen LogP contribution in [0.3, 0.4) is 0 Å². The van der Waals surface area contributed by atoms with Gasteiger partial charge in [0.25, 0.3) is 0 Å². The summed E-state index contributed by atoms with van der Waals surface area (Å²) in [6.45, 7) is 0.662. The molecular weight excluding hydrogens is 334 g/mol. The minimum Gasteiger partial charge on any atom is -0.378 e. The molecule has 0 fully saturated rings. The van der Waals surface area contributed by atoms with Crippen LogP contribution in [0.4, 0.5) is 5.69 Å². The lowest BCUT2D eigenvalue weighted by atomic mass is 10.1. The number of para-hydroxylation sites is 1. The number of benzene rings is 2. The van der Waals surface area contributed by atoms with Crippen LogP contribution in [0.2, 0.25) is 0 Å². The first-order chi connectivity index (χ1) is 13.1. The molecule has 1 aromatic heterocycles. The number of anilines is 1. The quantitative estimate of drug-likeness (QED) is 0.511. The molecule has 3 aromatic rings. The molecule has 1 N–H and O–H groups in total. The van der Waals surface area contributed by atoms with E-state index in [4.69, 9.17) is 0 Å². The van der Waals surface area contributed by atoms with Crippen LogP contribution in [0.5, 0.6) is 0 Å². The number of fused-ring (bicyclic) bond motifs is 1. The Morgan fingerprint density at radius 1 is 1.07 bits per heavy atom. The molecule has 0 saturated carbocycles. The van der Waals surface area contributed by atoms with Gasteiger partial charge in [0.05, 0.1) is 5.52 Å². The summed E-state index contributed by atoms with van der Waals surface area (Å²) in [6, 6.07) is 18.4.